The third-order valence-corrected chi connectivity index (χ3v) is 5.89. The van der Waals surface area contributed by atoms with E-state index >= 15 is 0 Å². The van der Waals surface area contributed by atoms with Crippen molar-refractivity contribution in [2.24, 2.45) is 5.16 Å². The second kappa shape index (κ2) is 10.1. The Morgan fingerprint density at radius 2 is 1.94 bits per heavy atom. The standard InChI is InChI=1S/C26H27F2N3O2/c1-3-18-6-4-5-17(2)26(18)31-16-19(7-10-24(31)32)25(22-9-8-20(27)15-23(22)28)30-33-21-11-13-29-14-12-21/h4-10,15-16,21,29H,3,11-14H2,1-2H3. The van der Waals surface area contributed by atoms with Crippen molar-refractivity contribution in [2.45, 2.75) is 39.2 Å². The molecule has 1 aliphatic rings. The molecule has 0 radical (unpaired) electrons. The summed E-state index contributed by atoms with van der Waals surface area (Å²) < 4.78 is 29.9. The van der Waals surface area contributed by atoms with Crippen LogP contribution in [-0.4, -0.2) is 29.5 Å². The van der Waals surface area contributed by atoms with Crippen molar-refractivity contribution in [2.75, 3.05) is 13.1 Å². The fourth-order valence-corrected chi connectivity index (χ4v) is 4.12. The third kappa shape index (κ3) is 5.03. The van der Waals surface area contributed by atoms with Crippen LogP contribution in [0.1, 0.15) is 42.0 Å². The van der Waals surface area contributed by atoms with Gasteiger partial charge < -0.3 is 10.2 Å². The topological polar surface area (TPSA) is 55.6 Å². The Balaban J connectivity index is 1.84. The summed E-state index contributed by atoms with van der Waals surface area (Å²) >= 11 is 0. The zero-order valence-electron chi connectivity index (χ0n) is 18.8. The number of nitrogens with zero attached hydrogens (tertiary/aromatic N) is 2. The highest BCUT2D eigenvalue weighted by molar-refractivity contribution is 6.12. The summed E-state index contributed by atoms with van der Waals surface area (Å²) in [7, 11) is 0. The van der Waals surface area contributed by atoms with E-state index in [-0.39, 0.29) is 22.9 Å². The maximum absolute atomic E-state index is 14.8. The Kier molecular flexibility index (Phi) is 6.99. The largest absolute Gasteiger partial charge is 0.392 e. The first-order valence-corrected chi connectivity index (χ1v) is 11.2. The number of pyridine rings is 1. The Hall–Kier alpha value is -3.32. The normalized spacial score (nSPS) is 15.0. The predicted octanol–water partition coefficient (Wildman–Crippen LogP) is 4.51. The van der Waals surface area contributed by atoms with Crippen LogP contribution in [0.3, 0.4) is 0 Å². The first-order valence-electron chi connectivity index (χ1n) is 11.2. The molecular weight excluding hydrogens is 424 g/mol. The van der Waals surface area contributed by atoms with Crippen LogP contribution < -0.4 is 10.9 Å². The van der Waals surface area contributed by atoms with Crippen molar-refractivity contribution < 1.29 is 13.6 Å². The second-order valence-electron chi connectivity index (χ2n) is 8.18. The van der Waals surface area contributed by atoms with Gasteiger partial charge in [-0.3, -0.25) is 9.36 Å². The number of aromatic nitrogens is 1. The minimum absolute atomic E-state index is 0.0984. The van der Waals surface area contributed by atoms with Crippen molar-refractivity contribution in [3.05, 3.63) is 99.0 Å². The lowest BCUT2D eigenvalue weighted by Crippen LogP contribution is -2.31. The van der Waals surface area contributed by atoms with Crippen molar-refractivity contribution >= 4 is 5.71 Å². The van der Waals surface area contributed by atoms with Gasteiger partial charge in [-0.1, -0.05) is 30.3 Å². The highest BCUT2D eigenvalue weighted by Crippen LogP contribution is 2.22. The van der Waals surface area contributed by atoms with Crippen LogP contribution in [0.15, 0.2) is 64.7 Å². The molecule has 2 heterocycles. The molecule has 0 amide bonds. The number of halogens is 2. The molecule has 1 saturated heterocycles. The fraction of sp³-hybridized carbons (Fsp3) is 0.308. The molecule has 0 spiro atoms. The van der Waals surface area contributed by atoms with Gasteiger partial charge in [-0.25, -0.2) is 8.78 Å². The highest BCUT2D eigenvalue weighted by atomic mass is 19.1. The van der Waals surface area contributed by atoms with E-state index in [1.807, 2.05) is 32.0 Å². The Morgan fingerprint density at radius 3 is 2.67 bits per heavy atom. The number of piperidine rings is 1. The molecule has 0 bridgehead atoms. The van der Waals surface area contributed by atoms with E-state index < -0.39 is 11.6 Å². The van der Waals surface area contributed by atoms with Gasteiger partial charge in [-0.05, 0) is 68.6 Å². The molecule has 0 unspecified atom stereocenters. The molecule has 0 saturated carbocycles. The molecule has 1 aliphatic heterocycles. The lowest BCUT2D eigenvalue weighted by Gasteiger charge is -2.21. The quantitative estimate of drug-likeness (QED) is 0.443. The van der Waals surface area contributed by atoms with Gasteiger partial charge in [0.2, 0.25) is 0 Å². The molecule has 5 nitrogen and oxygen atoms in total. The molecule has 0 aliphatic carbocycles. The van der Waals surface area contributed by atoms with E-state index in [4.69, 9.17) is 4.84 Å². The van der Waals surface area contributed by atoms with Gasteiger partial charge in [0.05, 0.1) is 5.69 Å². The molecule has 1 N–H and O–H groups in total. The van der Waals surface area contributed by atoms with Crippen LogP contribution in [0.2, 0.25) is 0 Å². The van der Waals surface area contributed by atoms with Gasteiger partial charge in [0.15, 0.2) is 0 Å². The predicted molar refractivity (Wildman–Crippen MR) is 125 cm³/mol. The number of hydrogen-bond donors (Lipinski definition) is 1. The second-order valence-corrected chi connectivity index (χ2v) is 8.18. The summed E-state index contributed by atoms with van der Waals surface area (Å²) in [6.07, 6.45) is 3.87. The number of aryl methyl sites for hydroxylation is 2. The summed E-state index contributed by atoms with van der Waals surface area (Å²) in [5.41, 5.74) is 3.38. The fourth-order valence-electron chi connectivity index (χ4n) is 4.12. The Labute approximate surface area is 191 Å². The van der Waals surface area contributed by atoms with E-state index in [0.29, 0.717) is 5.56 Å². The molecule has 7 heteroatoms. The molecule has 4 rings (SSSR count). The van der Waals surface area contributed by atoms with E-state index in [9.17, 15) is 13.6 Å². The van der Waals surface area contributed by atoms with Gasteiger partial charge in [-0.15, -0.1) is 0 Å². The Morgan fingerprint density at radius 1 is 1.15 bits per heavy atom. The number of hydrogen-bond acceptors (Lipinski definition) is 4. The van der Waals surface area contributed by atoms with Crippen molar-refractivity contribution in [1.82, 2.24) is 9.88 Å². The molecule has 2 aromatic carbocycles. The number of rotatable bonds is 6. The lowest BCUT2D eigenvalue weighted by atomic mass is 10.0. The first kappa shape index (κ1) is 22.9. The number of oxime groups is 1. The lowest BCUT2D eigenvalue weighted by molar-refractivity contribution is 0.0378. The van der Waals surface area contributed by atoms with E-state index in [1.54, 1.807) is 16.8 Å². The summed E-state index contributed by atoms with van der Waals surface area (Å²) in [5.74, 6) is -1.42. The van der Waals surface area contributed by atoms with Gasteiger partial charge in [-0.2, -0.15) is 0 Å². The smallest absolute Gasteiger partial charge is 0.255 e. The molecule has 3 aromatic rings. The van der Waals surface area contributed by atoms with Crippen LogP contribution in [0.5, 0.6) is 0 Å². The summed E-state index contributed by atoms with van der Waals surface area (Å²) in [4.78, 5) is 18.6. The molecule has 172 valence electrons. The van der Waals surface area contributed by atoms with Crippen molar-refractivity contribution in [1.29, 1.82) is 0 Å². The molecule has 1 fully saturated rings. The van der Waals surface area contributed by atoms with Gasteiger partial charge in [0.1, 0.15) is 23.5 Å². The van der Waals surface area contributed by atoms with Crippen LogP contribution in [0.4, 0.5) is 8.78 Å². The van der Waals surface area contributed by atoms with Crippen LogP contribution in [0.25, 0.3) is 5.69 Å². The minimum Gasteiger partial charge on any atom is -0.392 e. The first-order chi connectivity index (χ1) is 16.0. The molecule has 0 atom stereocenters. The van der Waals surface area contributed by atoms with Gasteiger partial charge in [0, 0.05) is 29.5 Å². The van der Waals surface area contributed by atoms with Gasteiger partial charge in [0.25, 0.3) is 5.56 Å². The maximum Gasteiger partial charge on any atom is 0.255 e. The molecular formula is C26H27F2N3O2. The molecule has 33 heavy (non-hydrogen) atoms. The average molecular weight is 452 g/mol. The number of para-hydroxylation sites is 1. The van der Waals surface area contributed by atoms with Crippen molar-refractivity contribution in [3.63, 3.8) is 0 Å². The van der Waals surface area contributed by atoms with Crippen LogP contribution in [0, 0.1) is 18.6 Å². The number of nitrogens with one attached hydrogen (secondary N) is 1. The maximum atomic E-state index is 14.8. The average Bonchev–Trinajstić information content (AvgIpc) is 2.82. The molecule has 1 aromatic heterocycles. The summed E-state index contributed by atoms with van der Waals surface area (Å²) in [5, 5.41) is 7.58. The van der Waals surface area contributed by atoms with E-state index in [0.717, 1.165) is 55.2 Å². The zero-order chi connectivity index (χ0) is 23.4. The summed E-state index contributed by atoms with van der Waals surface area (Å²) in [6, 6.07) is 12.3. The van der Waals surface area contributed by atoms with Crippen LogP contribution >= 0.6 is 0 Å². The minimum atomic E-state index is -0.745. The SMILES string of the molecule is CCc1cccc(C)c1-n1cc(C(=NOC2CCNCC2)c2ccc(F)cc2F)ccc1=O. The van der Waals surface area contributed by atoms with E-state index in [1.165, 1.54) is 18.2 Å². The third-order valence-electron chi connectivity index (χ3n) is 5.89. The van der Waals surface area contributed by atoms with Crippen molar-refractivity contribution in [3.8, 4) is 5.69 Å². The Bertz CT molecular complexity index is 1230. The van der Waals surface area contributed by atoms with E-state index in [2.05, 4.69) is 10.5 Å². The zero-order valence-corrected chi connectivity index (χ0v) is 18.8. The number of benzene rings is 2. The van der Waals surface area contributed by atoms with Crippen LogP contribution in [-0.2, 0) is 11.3 Å². The summed E-state index contributed by atoms with van der Waals surface area (Å²) in [6.45, 7) is 5.61. The van der Waals surface area contributed by atoms with Gasteiger partial charge >= 0.3 is 0 Å². The highest BCUT2D eigenvalue weighted by Gasteiger charge is 2.19. The monoisotopic (exact) mass is 451 g/mol.